The van der Waals surface area contributed by atoms with Crippen LogP contribution in [0.4, 0.5) is 0 Å². The van der Waals surface area contributed by atoms with E-state index in [1.54, 1.807) is 18.9 Å². The van der Waals surface area contributed by atoms with Crippen LogP contribution in [0.5, 0.6) is 5.75 Å². The first-order chi connectivity index (χ1) is 11.6. The minimum Gasteiger partial charge on any atom is -0.495 e. The Bertz CT molecular complexity index is 986. The zero-order valence-electron chi connectivity index (χ0n) is 14.0. The predicted octanol–water partition coefficient (Wildman–Crippen LogP) is 4.02. The van der Waals surface area contributed by atoms with Crippen LogP contribution in [-0.4, -0.2) is 23.8 Å². The first-order valence-corrected chi connectivity index (χ1v) is 9.46. The number of fused-ring (bicyclic) bond motifs is 1. The van der Waals surface area contributed by atoms with Crippen LogP contribution in [0.1, 0.15) is 15.9 Å². The van der Waals surface area contributed by atoms with Gasteiger partial charge in [0.2, 0.25) is 0 Å². The molecule has 0 spiro atoms. The second-order valence-corrected chi connectivity index (χ2v) is 7.15. The smallest absolute Gasteiger partial charge is 0.280 e. The molecule has 0 aliphatic heterocycles. The van der Waals surface area contributed by atoms with Crippen LogP contribution < -0.4 is 9.54 Å². The third-order valence-corrected chi connectivity index (χ3v) is 5.92. The number of carbonyl (C=O) groups excluding carboxylic acids is 1. The molecule has 6 heteroatoms. The van der Waals surface area contributed by atoms with Crippen LogP contribution in [0, 0.1) is 6.92 Å². The van der Waals surface area contributed by atoms with Crippen molar-refractivity contribution < 1.29 is 9.53 Å². The Labute approximate surface area is 148 Å². The maximum absolute atomic E-state index is 12.6. The van der Waals surface area contributed by atoms with E-state index in [9.17, 15) is 4.79 Å². The maximum Gasteiger partial charge on any atom is 0.280 e. The molecule has 3 aromatic rings. The third-order valence-electron chi connectivity index (χ3n) is 3.86. The fraction of sp³-hybridized carbons (Fsp3) is 0.222. The standard InChI is InChI=1S/C18H18N2O2S2/c1-11-9-10-13(22-3)15-16(11)24-18(20(15)2)19-17(21)12-7-5-6-8-14(12)23-4/h5-10H,1-4H3. The molecule has 4 nitrogen and oxygen atoms in total. The Balaban J connectivity index is 2.19. The monoisotopic (exact) mass is 358 g/mol. The van der Waals surface area contributed by atoms with Gasteiger partial charge in [-0.3, -0.25) is 4.79 Å². The molecule has 0 aliphatic carbocycles. The van der Waals surface area contributed by atoms with Crippen LogP contribution in [0.3, 0.4) is 0 Å². The number of aromatic nitrogens is 1. The molecule has 0 atom stereocenters. The second-order valence-electron chi connectivity index (χ2n) is 5.32. The van der Waals surface area contributed by atoms with Crippen molar-refractivity contribution in [3.63, 3.8) is 0 Å². The predicted molar refractivity (Wildman–Crippen MR) is 100 cm³/mol. The first-order valence-electron chi connectivity index (χ1n) is 7.42. The van der Waals surface area contributed by atoms with E-state index in [4.69, 9.17) is 4.74 Å². The molecule has 24 heavy (non-hydrogen) atoms. The Kier molecular flexibility index (Phi) is 4.78. The van der Waals surface area contributed by atoms with Crippen LogP contribution in [-0.2, 0) is 7.05 Å². The van der Waals surface area contributed by atoms with E-state index < -0.39 is 0 Å². The molecule has 1 heterocycles. The minimum absolute atomic E-state index is 0.223. The number of rotatable bonds is 3. The molecule has 0 unspecified atom stereocenters. The molecule has 0 saturated heterocycles. The number of ether oxygens (including phenoxy) is 1. The highest BCUT2D eigenvalue weighted by atomic mass is 32.2. The molecule has 3 rings (SSSR count). The number of amides is 1. The zero-order valence-corrected chi connectivity index (χ0v) is 15.6. The molecule has 0 radical (unpaired) electrons. The zero-order chi connectivity index (χ0) is 17.3. The first kappa shape index (κ1) is 16.8. The summed E-state index contributed by atoms with van der Waals surface area (Å²) in [4.78, 5) is 18.6. The van der Waals surface area contributed by atoms with Gasteiger partial charge in [-0.2, -0.15) is 4.99 Å². The van der Waals surface area contributed by atoms with Crippen LogP contribution >= 0.6 is 23.1 Å². The molecule has 0 fully saturated rings. The fourth-order valence-corrected chi connectivity index (χ4v) is 4.28. The summed E-state index contributed by atoms with van der Waals surface area (Å²) in [5.41, 5.74) is 2.74. The quantitative estimate of drug-likeness (QED) is 0.664. The number of hydrogen-bond acceptors (Lipinski definition) is 4. The van der Waals surface area contributed by atoms with E-state index >= 15 is 0 Å². The van der Waals surface area contributed by atoms with Crippen molar-refractivity contribution in [2.45, 2.75) is 11.8 Å². The van der Waals surface area contributed by atoms with Crippen molar-refractivity contribution in [1.82, 2.24) is 4.57 Å². The Morgan fingerprint density at radius 3 is 2.71 bits per heavy atom. The van der Waals surface area contributed by atoms with E-state index in [1.807, 2.05) is 61.2 Å². The third kappa shape index (κ3) is 2.87. The lowest BCUT2D eigenvalue weighted by atomic mass is 10.2. The number of methoxy groups -OCH3 is 1. The SMILES string of the molecule is COc1ccc(C)c2sc(=NC(=O)c3ccccc3SC)n(C)c12. The summed E-state index contributed by atoms with van der Waals surface area (Å²) in [6.07, 6.45) is 1.96. The summed E-state index contributed by atoms with van der Waals surface area (Å²) in [5, 5.41) is 0. The normalized spacial score (nSPS) is 11.9. The number of aryl methyl sites for hydroxylation is 2. The van der Waals surface area contributed by atoms with E-state index in [1.165, 1.54) is 11.3 Å². The average Bonchev–Trinajstić information content (AvgIpc) is 2.93. The molecular weight excluding hydrogens is 340 g/mol. The van der Waals surface area contributed by atoms with Crippen molar-refractivity contribution in [3.8, 4) is 5.75 Å². The number of nitrogens with zero attached hydrogens (tertiary/aromatic N) is 2. The lowest BCUT2D eigenvalue weighted by molar-refractivity contribution is 0.0995. The van der Waals surface area contributed by atoms with Crippen molar-refractivity contribution in [1.29, 1.82) is 0 Å². The van der Waals surface area contributed by atoms with Crippen molar-refractivity contribution in [2.24, 2.45) is 12.0 Å². The van der Waals surface area contributed by atoms with E-state index in [0.29, 0.717) is 10.4 Å². The molecule has 1 amide bonds. The highest BCUT2D eigenvalue weighted by molar-refractivity contribution is 7.98. The van der Waals surface area contributed by atoms with Gasteiger partial charge in [-0.25, -0.2) is 0 Å². The van der Waals surface area contributed by atoms with Gasteiger partial charge in [0, 0.05) is 11.9 Å². The van der Waals surface area contributed by atoms with E-state index in [0.717, 1.165) is 26.4 Å². The van der Waals surface area contributed by atoms with E-state index in [-0.39, 0.29) is 5.91 Å². The highest BCUT2D eigenvalue weighted by Crippen LogP contribution is 2.29. The summed E-state index contributed by atoms with van der Waals surface area (Å²) < 4.78 is 8.47. The highest BCUT2D eigenvalue weighted by Gasteiger charge is 2.14. The van der Waals surface area contributed by atoms with Crippen molar-refractivity contribution >= 4 is 39.2 Å². The molecular formula is C18H18N2O2S2. The Hall–Kier alpha value is -2.05. The summed E-state index contributed by atoms with van der Waals surface area (Å²) in [5.74, 6) is 0.562. The van der Waals surface area contributed by atoms with Crippen molar-refractivity contribution in [3.05, 3.63) is 52.3 Å². The molecule has 0 N–H and O–H groups in total. The second kappa shape index (κ2) is 6.83. The Morgan fingerprint density at radius 2 is 2.00 bits per heavy atom. The summed E-state index contributed by atoms with van der Waals surface area (Å²) in [6, 6.07) is 11.5. The lowest BCUT2D eigenvalue weighted by Gasteiger charge is -2.05. The maximum atomic E-state index is 12.6. The summed E-state index contributed by atoms with van der Waals surface area (Å²) in [7, 11) is 3.56. The minimum atomic E-state index is -0.223. The largest absolute Gasteiger partial charge is 0.495 e. The molecule has 0 saturated carbocycles. The number of carbonyl (C=O) groups is 1. The topological polar surface area (TPSA) is 43.6 Å². The number of thioether (sulfide) groups is 1. The lowest BCUT2D eigenvalue weighted by Crippen LogP contribution is -2.14. The van der Waals surface area contributed by atoms with Gasteiger partial charge in [-0.15, -0.1) is 11.8 Å². The van der Waals surface area contributed by atoms with Gasteiger partial charge in [0.1, 0.15) is 11.3 Å². The van der Waals surface area contributed by atoms with Gasteiger partial charge in [0.15, 0.2) is 4.80 Å². The van der Waals surface area contributed by atoms with Crippen LogP contribution in [0.15, 0.2) is 46.3 Å². The van der Waals surface area contributed by atoms with Crippen LogP contribution in [0.2, 0.25) is 0 Å². The molecule has 1 aromatic heterocycles. The number of thiazole rings is 1. The van der Waals surface area contributed by atoms with E-state index in [2.05, 4.69) is 4.99 Å². The molecule has 0 bridgehead atoms. The van der Waals surface area contributed by atoms with Gasteiger partial charge >= 0.3 is 0 Å². The number of benzene rings is 2. The summed E-state index contributed by atoms with van der Waals surface area (Å²) >= 11 is 3.05. The molecule has 2 aromatic carbocycles. The van der Waals surface area contributed by atoms with Gasteiger partial charge in [-0.05, 0) is 36.9 Å². The van der Waals surface area contributed by atoms with Gasteiger partial charge in [0.05, 0.1) is 17.4 Å². The fourth-order valence-electron chi connectivity index (χ4n) is 2.59. The average molecular weight is 358 g/mol. The summed E-state index contributed by atoms with van der Waals surface area (Å²) in [6.45, 7) is 2.05. The van der Waals surface area contributed by atoms with Gasteiger partial charge in [-0.1, -0.05) is 29.5 Å². The van der Waals surface area contributed by atoms with Crippen LogP contribution in [0.25, 0.3) is 10.2 Å². The molecule has 124 valence electrons. The van der Waals surface area contributed by atoms with Gasteiger partial charge in [0.25, 0.3) is 5.91 Å². The van der Waals surface area contributed by atoms with Crippen molar-refractivity contribution in [2.75, 3.05) is 13.4 Å². The van der Waals surface area contributed by atoms with Gasteiger partial charge < -0.3 is 9.30 Å². The number of hydrogen-bond donors (Lipinski definition) is 0. The Morgan fingerprint density at radius 1 is 1.25 bits per heavy atom. The molecule has 0 aliphatic rings.